The van der Waals surface area contributed by atoms with Crippen LogP contribution in [0.5, 0.6) is 0 Å². The molecule has 6 nitrogen and oxygen atoms in total. The monoisotopic (exact) mass is 367 g/mol. The number of nitrogens with one attached hydrogen (secondary N) is 1. The molecular weight excluding hydrogens is 349 g/mol. The second-order valence-corrected chi connectivity index (χ2v) is 6.27. The Hall–Kier alpha value is -1.78. The fourth-order valence-corrected chi connectivity index (χ4v) is 2.99. The van der Waals surface area contributed by atoms with Crippen molar-refractivity contribution in [3.63, 3.8) is 0 Å². The van der Waals surface area contributed by atoms with E-state index in [0.717, 1.165) is 19.6 Å². The number of anilines is 1. The van der Waals surface area contributed by atoms with Gasteiger partial charge in [-0.15, -0.1) is 0 Å². The standard InChI is InChI=1S/C16H19Cl2N5O/c17-13-7-14(18)9-15(8-13)21-11-12(10-20)16(24)23-5-3-22(2-1-19)4-6-23/h7-9,11,21H,1-6,19H2/b12-11-. The molecule has 1 fully saturated rings. The van der Waals surface area contributed by atoms with E-state index in [1.807, 2.05) is 6.07 Å². The summed E-state index contributed by atoms with van der Waals surface area (Å²) < 4.78 is 0. The summed E-state index contributed by atoms with van der Waals surface area (Å²) in [6.07, 6.45) is 1.39. The highest BCUT2D eigenvalue weighted by Gasteiger charge is 2.23. The average Bonchev–Trinajstić information content (AvgIpc) is 2.55. The molecule has 0 spiro atoms. The van der Waals surface area contributed by atoms with Crippen molar-refractivity contribution in [2.24, 2.45) is 5.73 Å². The number of hydrogen-bond acceptors (Lipinski definition) is 5. The Morgan fingerprint density at radius 3 is 2.42 bits per heavy atom. The molecule has 8 heteroatoms. The van der Waals surface area contributed by atoms with Crippen molar-refractivity contribution in [2.75, 3.05) is 44.6 Å². The Balaban J connectivity index is 2.00. The van der Waals surface area contributed by atoms with Crippen molar-refractivity contribution in [3.05, 3.63) is 40.0 Å². The number of nitrogens with two attached hydrogens (primary N) is 1. The van der Waals surface area contributed by atoms with Crippen LogP contribution < -0.4 is 11.1 Å². The van der Waals surface area contributed by atoms with E-state index in [-0.39, 0.29) is 11.5 Å². The first-order valence-corrected chi connectivity index (χ1v) is 8.33. The summed E-state index contributed by atoms with van der Waals surface area (Å²) in [5, 5.41) is 13.1. The lowest BCUT2D eigenvalue weighted by atomic mass is 10.2. The highest BCUT2D eigenvalue weighted by molar-refractivity contribution is 6.35. The van der Waals surface area contributed by atoms with Gasteiger partial charge in [-0.25, -0.2) is 0 Å². The van der Waals surface area contributed by atoms with Gasteiger partial charge in [0.2, 0.25) is 0 Å². The topological polar surface area (TPSA) is 85.4 Å². The summed E-state index contributed by atoms with van der Waals surface area (Å²) in [6.45, 7) is 4.11. The van der Waals surface area contributed by atoms with E-state index in [1.165, 1.54) is 6.20 Å². The van der Waals surface area contributed by atoms with Gasteiger partial charge in [-0.3, -0.25) is 9.69 Å². The SMILES string of the molecule is N#C/C(=C/Nc1cc(Cl)cc(Cl)c1)C(=O)N1CCN(CCN)CC1. The van der Waals surface area contributed by atoms with Gasteiger partial charge in [0.15, 0.2) is 0 Å². The second kappa shape index (κ2) is 8.90. The zero-order valence-electron chi connectivity index (χ0n) is 13.1. The Morgan fingerprint density at radius 1 is 1.25 bits per heavy atom. The van der Waals surface area contributed by atoms with Crippen molar-refractivity contribution in [1.29, 1.82) is 5.26 Å². The Kier molecular flexibility index (Phi) is 6.88. The molecule has 1 aromatic carbocycles. The number of nitrogens with zero attached hydrogens (tertiary/aromatic N) is 3. The van der Waals surface area contributed by atoms with Crippen LogP contribution in [-0.4, -0.2) is 55.0 Å². The van der Waals surface area contributed by atoms with E-state index in [1.54, 1.807) is 23.1 Å². The van der Waals surface area contributed by atoms with Gasteiger partial charge in [-0.05, 0) is 18.2 Å². The molecule has 0 bridgehead atoms. The molecule has 0 unspecified atom stereocenters. The maximum Gasteiger partial charge on any atom is 0.266 e. The zero-order valence-corrected chi connectivity index (χ0v) is 14.6. The molecule has 0 radical (unpaired) electrons. The van der Waals surface area contributed by atoms with Gasteiger partial charge in [-0.1, -0.05) is 23.2 Å². The first-order valence-electron chi connectivity index (χ1n) is 7.58. The van der Waals surface area contributed by atoms with E-state index in [9.17, 15) is 10.1 Å². The number of nitriles is 1. The number of amides is 1. The maximum absolute atomic E-state index is 12.4. The van der Waals surface area contributed by atoms with Crippen molar-refractivity contribution >= 4 is 34.8 Å². The molecule has 3 N–H and O–H groups in total. The summed E-state index contributed by atoms with van der Waals surface area (Å²) in [6, 6.07) is 6.87. The summed E-state index contributed by atoms with van der Waals surface area (Å²) >= 11 is 11.8. The van der Waals surface area contributed by atoms with Crippen LogP contribution in [0.25, 0.3) is 0 Å². The molecule has 0 saturated carbocycles. The van der Waals surface area contributed by atoms with Gasteiger partial charge in [0.1, 0.15) is 11.6 Å². The highest BCUT2D eigenvalue weighted by Crippen LogP contribution is 2.22. The van der Waals surface area contributed by atoms with E-state index < -0.39 is 0 Å². The lowest BCUT2D eigenvalue weighted by Crippen LogP contribution is -2.50. The molecule has 1 aromatic rings. The first-order chi connectivity index (χ1) is 11.5. The van der Waals surface area contributed by atoms with Crippen LogP contribution in [0.3, 0.4) is 0 Å². The molecule has 1 aliphatic rings. The van der Waals surface area contributed by atoms with Gasteiger partial charge < -0.3 is 16.0 Å². The number of carbonyl (C=O) groups is 1. The number of benzene rings is 1. The fourth-order valence-electron chi connectivity index (χ4n) is 2.46. The number of rotatable bonds is 5. The molecule has 1 amide bonds. The molecular formula is C16H19Cl2N5O. The molecule has 0 aliphatic carbocycles. The molecule has 1 aliphatic heterocycles. The highest BCUT2D eigenvalue weighted by atomic mass is 35.5. The average molecular weight is 368 g/mol. The molecule has 0 aromatic heterocycles. The van der Waals surface area contributed by atoms with Crippen molar-refractivity contribution in [3.8, 4) is 6.07 Å². The van der Waals surface area contributed by atoms with Crippen LogP contribution in [0, 0.1) is 11.3 Å². The van der Waals surface area contributed by atoms with Gasteiger partial charge in [0, 0.05) is 61.2 Å². The van der Waals surface area contributed by atoms with Gasteiger partial charge >= 0.3 is 0 Å². The van der Waals surface area contributed by atoms with Crippen LogP contribution in [0.1, 0.15) is 0 Å². The number of piperazine rings is 1. The molecule has 0 atom stereocenters. The lowest BCUT2D eigenvalue weighted by Gasteiger charge is -2.34. The predicted molar refractivity (Wildman–Crippen MR) is 95.9 cm³/mol. The summed E-state index contributed by atoms with van der Waals surface area (Å²) in [7, 11) is 0. The second-order valence-electron chi connectivity index (χ2n) is 5.39. The van der Waals surface area contributed by atoms with Crippen molar-refractivity contribution in [1.82, 2.24) is 9.80 Å². The summed E-state index contributed by atoms with van der Waals surface area (Å²) in [5.74, 6) is -0.287. The van der Waals surface area contributed by atoms with Gasteiger partial charge in [0.25, 0.3) is 5.91 Å². The third-order valence-electron chi connectivity index (χ3n) is 3.70. The van der Waals surface area contributed by atoms with E-state index in [0.29, 0.717) is 35.4 Å². The smallest absolute Gasteiger partial charge is 0.266 e. The fraction of sp³-hybridized carbons (Fsp3) is 0.375. The van der Waals surface area contributed by atoms with Gasteiger partial charge in [-0.2, -0.15) is 5.26 Å². The van der Waals surface area contributed by atoms with Gasteiger partial charge in [0.05, 0.1) is 0 Å². The van der Waals surface area contributed by atoms with Crippen LogP contribution in [0.15, 0.2) is 30.0 Å². The zero-order chi connectivity index (χ0) is 17.5. The number of halogens is 2. The molecule has 128 valence electrons. The Labute approximate surface area is 151 Å². The third-order valence-corrected chi connectivity index (χ3v) is 4.14. The van der Waals surface area contributed by atoms with Crippen LogP contribution >= 0.6 is 23.2 Å². The van der Waals surface area contributed by atoms with Crippen molar-refractivity contribution in [2.45, 2.75) is 0 Å². The minimum atomic E-state index is -0.287. The normalized spacial score (nSPS) is 15.9. The van der Waals surface area contributed by atoms with E-state index in [2.05, 4.69) is 10.2 Å². The lowest BCUT2D eigenvalue weighted by molar-refractivity contribution is -0.128. The minimum absolute atomic E-state index is 0.0402. The van der Waals surface area contributed by atoms with Crippen LogP contribution in [-0.2, 0) is 4.79 Å². The quantitative estimate of drug-likeness (QED) is 0.613. The summed E-state index contributed by atoms with van der Waals surface area (Å²) in [5.41, 5.74) is 6.19. The Bertz CT molecular complexity index is 643. The Morgan fingerprint density at radius 2 is 1.88 bits per heavy atom. The first kappa shape index (κ1) is 18.6. The molecule has 2 rings (SSSR count). The largest absolute Gasteiger partial charge is 0.360 e. The molecule has 24 heavy (non-hydrogen) atoms. The maximum atomic E-state index is 12.4. The van der Waals surface area contributed by atoms with Crippen LogP contribution in [0.2, 0.25) is 10.0 Å². The predicted octanol–water partition coefficient (Wildman–Crippen LogP) is 1.92. The molecule has 1 saturated heterocycles. The van der Waals surface area contributed by atoms with Crippen LogP contribution in [0.4, 0.5) is 5.69 Å². The van der Waals surface area contributed by atoms with Crippen molar-refractivity contribution < 1.29 is 4.79 Å². The molecule has 1 heterocycles. The minimum Gasteiger partial charge on any atom is -0.360 e. The third kappa shape index (κ3) is 5.11. The van der Waals surface area contributed by atoms with E-state index in [4.69, 9.17) is 28.9 Å². The summed E-state index contributed by atoms with van der Waals surface area (Å²) in [4.78, 5) is 16.3. The number of carbonyl (C=O) groups excluding carboxylic acids is 1. The number of hydrogen-bond donors (Lipinski definition) is 2. The van der Waals surface area contributed by atoms with E-state index >= 15 is 0 Å².